The Morgan fingerprint density at radius 3 is 2.89 bits per heavy atom. The molecule has 1 aromatic rings. The zero-order valence-corrected chi connectivity index (χ0v) is 11.7. The fourth-order valence-electron chi connectivity index (χ4n) is 2.11. The number of anilines is 1. The predicted molar refractivity (Wildman–Crippen MR) is 73.3 cm³/mol. The van der Waals surface area contributed by atoms with E-state index in [2.05, 4.69) is 21.2 Å². The third kappa shape index (κ3) is 2.56. The second-order valence-corrected chi connectivity index (χ2v) is 5.11. The number of nitrogens with zero attached hydrogens (tertiary/aromatic N) is 1. The maximum Gasteiger partial charge on any atom is 0.227 e. The minimum Gasteiger partial charge on any atom is -0.356 e. The molecule has 0 radical (unpaired) electrons. The molecule has 96 valence electrons. The van der Waals surface area contributed by atoms with Gasteiger partial charge in [-0.3, -0.25) is 9.59 Å². The molecular weight excluding hydrogens is 296 g/mol. The van der Waals surface area contributed by atoms with Gasteiger partial charge in [-0.15, -0.1) is 0 Å². The summed E-state index contributed by atoms with van der Waals surface area (Å²) < 4.78 is 0.870. The van der Waals surface area contributed by atoms with Gasteiger partial charge < -0.3 is 10.2 Å². The van der Waals surface area contributed by atoms with Crippen molar-refractivity contribution in [3.8, 4) is 0 Å². The molecule has 1 fully saturated rings. The summed E-state index contributed by atoms with van der Waals surface area (Å²) in [6.07, 6.45) is 0.285. The Balaban J connectivity index is 2.15. The first kappa shape index (κ1) is 13.1. The van der Waals surface area contributed by atoms with Crippen LogP contribution in [0.2, 0.25) is 0 Å². The summed E-state index contributed by atoms with van der Waals surface area (Å²) in [6.45, 7) is 2.92. The van der Waals surface area contributed by atoms with E-state index in [1.807, 2.05) is 31.2 Å². The van der Waals surface area contributed by atoms with Crippen molar-refractivity contribution in [1.82, 2.24) is 5.32 Å². The second kappa shape index (κ2) is 5.52. The Kier molecular flexibility index (Phi) is 4.01. The summed E-state index contributed by atoms with van der Waals surface area (Å²) in [5.41, 5.74) is 0.828. The summed E-state index contributed by atoms with van der Waals surface area (Å²) in [5, 5.41) is 2.77. The Labute approximate surface area is 114 Å². The van der Waals surface area contributed by atoms with Crippen molar-refractivity contribution in [2.45, 2.75) is 13.3 Å². The van der Waals surface area contributed by atoms with Crippen LogP contribution in [-0.4, -0.2) is 24.9 Å². The smallest absolute Gasteiger partial charge is 0.227 e. The third-order valence-electron chi connectivity index (χ3n) is 2.99. The van der Waals surface area contributed by atoms with Crippen LogP contribution in [0.4, 0.5) is 5.69 Å². The van der Waals surface area contributed by atoms with Crippen LogP contribution in [0.25, 0.3) is 0 Å². The van der Waals surface area contributed by atoms with Gasteiger partial charge in [-0.2, -0.15) is 0 Å². The average Bonchev–Trinajstić information content (AvgIpc) is 2.72. The standard InChI is InChI=1S/C13H15BrN2O2/c1-2-15-13(18)9-7-12(17)16(8-9)11-6-4-3-5-10(11)14/h3-6,9H,2,7-8H2,1H3,(H,15,18)/t9-/m0/s1. The van der Waals surface area contributed by atoms with Crippen LogP contribution in [-0.2, 0) is 9.59 Å². The molecule has 2 rings (SSSR count). The lowest BCUT2D eigenvalue weighted by atomic mass is 10.1. The Bertz CT molecular complexity index is 476. The van der Waals surface area contributed by atoms with Gasteiger partial charge in [0.2, 0.25) is 11.8 Å². The van der Waals surface area contributed by atoms with E-state index < -0.39 is 0 Å². The van der Waals surface area contributed by atoms with Gasteiger partial charge >= 0.3 is 0 Å². The van der Waals surface area contributed by atoms with Crippen LogP contribution in [0.5, 0.6) is 0 Å². The first-order chi connectivity index (χ1) is 8.63. The number of nitrogens with one attached hydrogen (secondary N) is 1. The molecule has 0 aliphatic carbocycles. The SMILES string of the molecule is CCNC(=O)[C@H]1CC(=O)N(c2ccccc2Br)C1. The maximum absolute atomic E-state index is 12.0. The van der Waals surface area contributed by atoms with Crippen LogP contribution >= 0.6 is 15.9 Å². The van der Waals surface area contributed by atoms with Crippen LogP contribution in [0.3, 0.4) is 0 Å². The van der Waals surface area contributed by atoms with Gasteiger partial charge in [0, 0.05) is 24.0 Å². The molecule has 1 N–H and O–H groups in total. The van der Waals surface area contributed by atoms with Crippen molar-refractivity contribution in [1.29, 1.82) is 0 Å². The number of benzene rings is 1. The first-order valence-electron chi connectivity index (χ1n) is 5.96. The van der Waals surface area contributed by atoms with E-state index in [4.69, 9.17) is 0 Å². The van der Waals surface area contributed by atoms with Crippen molar-refractivity contribution in [3.05, 3.63) is 28.7 Å². The molecule has 0 unspecified atom stereocenters. The highest BCUT2D eigenvalue weighted by Crippen LogP contribution is 2.31. The maximum atomic E-state index is 12.0. The summed E-state index contributed by atoms with van der Waals surface area (Å²) in [4.78, 5) is 25.4. The molecule has 4 nitrogen and oxygen atoms in total. The molecule has 1 aliphatic heterocycles. The normalized spacial score (nSPS) is 19.1. The minimum atomic E-state index is -0.246. The molecule has 1 heterocycles. The van der Waals surface area contributed by atoms with Crippen LogP contribution in [0, 0.1) is 5.92 Å². The Morgan fingerprint density at radius 2 is 2.22 bits per heavy atom. The third-order valence-corrected chi connectivity index (χ3v) is 3.66. The number of para-hydroxylation sites is 1. The molecule has 5 heteroatoms. The van der Waals surface area contributed by atoms with Gasteiger partial charge in [0.05, 0.1) is 11.6 Å². The van der Waals surface area contributed by atoms with Crippen LogP contribution in [0.1, 0.15) is 13.3 Å². The number of halogens is 1. The first-order valence-corrected chi connectivity index (χ1v) is 6.75. The summed E-state index contributed by atoms with van der Waals surface area (Å²) in [6, 6.07) is 7.55. The average molecular weight is 311 g/mol. The van der Waals surface area contributed by atoms with Crippen molar-refractivity contribution in [3.63, 3.8) is 0 Å². The van der Waals surface area contributed by atoms with E-state index >= 15 is 0 Å². The lowest BCUT2D eigenvalue weighted by molar-refractivity contribution is -0.126. The van der Waals surface area contributed by atoms with E-state index in [0.717, 1.165) is 10.2 Å². The second-order valence-electron chi connectivity index (χ2n) is 4.25. The molecule has 1 atom stereocenters. The summed E-state index contributed by atoms with van der Waals surface area (Å²) in [7, 11) is 0. The molecule has 1 aromatic carbocycles. The number of rotatable bonds is 3. The van der Waals surface area contributed by atoms with Crippen LogP contribution < -0.4 is 10.2 Å². The molecule has 1 aliphatic rings. The van der Waals surface area contributed by atoms with Crippen molar-refractivity contribution >= 4 is 33.4 Å². The van der Waals surface area contributed by atoms with E-state index in [9.17, 15) is 9.59 Å². The lowest BCUT2D eigenvalue weighted by Crippen LogP contribution is -2.32. The Hall–Kier alpha value is -1.36. The number of hydrogen-bond acceptors (Lipinski definition) is 2. The highest BCUT2D eigenvalue weighted by atomic mass is 79.9. The molecule has 0 spiro atoms. The van der Waals surface area contributed by atoms with E-state index in [1.54, 1.807) is 4.90 Å². The van der Waals surface area contributed by atoms with Crippen molar-refractivity contribution < 1.29 is 9.59 Å². The molecule has 0 saturated carbocycles. The van der Waals surface area contributed by atoms with E-state index in [0.29, 0.717) is 13.1 Å². The molecule has 1 saturated heterocycles. The fraction of sp³-hybridized carbons (Fsp3) is 0.385. The Morgan fingerprint density at radius 1 is 1.50 bits per heavy atom. The largest absolute Gasteiger partial charge is 0.356 e. The van der Waals surface area contributed by atoms with Gasteiger partial charge in [-0.05, 0) is 35.0 Å². The quantitative estimate of drug-likeness (QED) is 0.927. The molecule has 0 aromatic heterocycles. The van der Waals surface area contributed by atoms with Crippen LogP contribution in [0.15, 0.2) is 28.7 Å². The fourth-order valence-corrected chi connectivity index (χ4v) is 2.60. The van der Waals surface area contributed by atoms with Crippen molar-refractivity contribution in [2.75, 3.05) is 18.0 Å². The zero-order chi connectivity index (χ0) is 13.1. The highest BCUT2D eigenvalue weighted by Gasteiger charge is 2.35. The number of carbonyl (C=O) groups excluding carboxylic acids is 2. The van der Waals surface area contributed by atoms with Gasteiger partial charge in [0.1, 0.15) is 0 Å². The number of hydrogen-bond donors (Lipinski definition) is 1. The molecule has 18 heavy (non-hydrogen) atoms. The lowest BCUT2D eigenvalue weighted by Gasteiger charge is -2.18. The molecular formula is C13H15BrN2O2. The van der Waals surface area contributed by atoms with Gasteiger partial charge in [0.15, 0.2) is 0 Å². The van der Waals surface area contributed by atoms with E-state index in [1.165, 1.54) is 0 Å². The number of amides is 2. The number of carbonyl (C=O) groups is 2. The highest BCUT2D eigenvalue weighted by molar-refractivity contribution is 9.10. The van der Waals surface area contributed by atoms with Gasteiger partial charge in [-0.25, -0.2) is 0 Å². The van der Waals surface area contributed by atoms with Gasteiger partial charge in [-0.1, -0.05) is 12.1 Å². The summed E-state index contributed by atoms with van der Waals surface area (Å²) in [5.74, 6) is -0.289. The topological polar surface area (TPSA) is 49.4 Å². The van der Waals surface area contributed by atoms with E-state index in [-0.39, 0.29) is 24.2 Å². The zero-order valence-electron chi connectivity index (χ0n) is 10.1. The molecule has 2 amide bonds. The monoisotopic (exact) mass is 310 g/mol. The predicted octanol–water partition coefficient (Wildman–Crippen LogP) is 1.94. The van der Waals surface area contributed by atoms with Gasteiger partial charge in [0.25, 0.3) is 0 Å². The van der Waals surface area contributed by atoms with Crippen molar-refractivity contribution in [2.24, 2.45) is 5.92 Å². The minimum absolute atomic E-state index is 0.00171. The summed E-state index contributed by atoms with van der Waals surface area (Å²) >= 11 is 3.43. The molecule has 0 bridgehead atoms.